The number of unbranched alkanes of at least 4 members (excludes halogenated alkanes) is 11. The molecule has 0 fully saturated rings. The Morgan fingerprint density at radius 2 is 1.29 bits per heavy atom. The van der Waals surface area contributed by atoms with E-state index in [2.05, 4.69) is 47.9 Å². The fourth-order valence-electron chi connectivity index (χ4n) is 3.83. The van der Waals surface area contributed by atoms with E-state index in [1.165, 1.54) is 51.4 Å². The van der Waals surface area contributed by atoms with Crippen LogP contribution in [0.5, 0.6) is 0 Å². The summed E-state index contributed by atoms with van der Waals surface area (Å²) in [4.78, 5) is 23.6. The van der Waals surface area contributed by atoms with Crippen LogP contribution < -0.4 is 4.89 Å². The first-order chi connectivity index (χ1) is 19.6. The summed E-state index contributed by atoms with van der Waals surface area (Å²) in [5, 5.41) is 9.83. The van der Waals surface area contributed by atoms with Crippen molar-refractivity contribution < 1.29 is 37.6 Å². The molecule has 9 heteroatoms. The molecule has 2 atom stereocenters. The maximum absolute atomic E-state index is 11.9. The molecule has 0 saturated carbocycles. The van der Waals surface area contributed by atoms with Crippen LogP contribution in [0.15, 0.2) is 36.5 Å². The molecular weight excluding hydrogens is 541 g/mol. The Morgan fingerprint density at radius 3 is 1.85 bits per heavy atom. The van der Waals surface area contributed by atoms with Crippen LogP contribution >= 0.6 is 7.82 Å². The zero-order valence-electron chi connectivity index (χ0n) is 26.5. The van der Waals surface area contributed by atoms with Gasteiger partial charge in [0.05, 0.1) is 27.7 Å². The van der Waals surface area contributed by atoms with Gasteiger partial charge in [0.15, 0.2) is 0 Å². The van der Waals surface area contributed by atoms with Gasteiger partial charge in [-0.25, -0.2) is 0 Å². The SMILES string of the molecule is CCCCCCC/C=C\C/C=C\C/C=C\CCCCCCCCC(=O)OCC(O)COP(=O)([O-])OCC[N+](C)(C)C. The fourth-order valence-corrected chi connectivity index (χ4v) is 4.57. The molecule has 0 bridgehead atoms. The molecule has 2 unspecified atom stereocenters. The molecule has 0 aliphatic heterocycles. The van der Waals surface area contributed by atoms with Crippen molar-refractivity contribution >= 4 is 13.8 Å². The molecule has 0 aliphatic rings. The highest BCUT2D eigenvalue weighted by Gasteiger charge is 2.16. The van der Waals surface area contributed by atoms with Crippen LogP contribution in [0.25, 0.3) is 0 Å². The Morgan fingerprint density at radius 1 is 0.780 bits per heavy atom. The lowest BCUT2D eigenvalue weighted by molar-refractivity contribution is -0.870. The summed E-state index contributed by atoms with van der Waals surface area (Å²) < 4.78 is 26.7. The number of aliphatic hydroxyl groups is 1. The molecule has 0 radical (unpaired) electrons. The maximum Gasteiger partial charge on any atom is 0.305 e. The van der Waals surface area contributed by atoms with E-state index in [1.54, 1.807) is 0 Å². The van der Waals surface area contributed by atoms with E-state index in [0.29, 0.717) is 11.0 Å². The first kappa shape index (κ1) is 39.7. The van der Waals surface area contributed by atoms with Crippen LogP contribution in [0.2, 0.25) is 0 Å². The number of ether oxygens (including phenoxy) is 1. The van der Waals surface area contributed by atoms with Gasteiger partial charge < -0.3 is 28.3 Å². The van der Waals surface area contributed by atoms with Crippen molar-refractivity contribution in [1.29, 1.82) is 0 Å². The summed E-state index contributed by atoms with van der Waals surface area (Å²) in [6, 6.07) is 0. The van der Waals surface area contributed by atoms with Crippen LogP contribution in [0.3, 0.4) is 0 Å². The number of hydrogen-bond acceptors (Lipinski definition) is 7. The third-order valence-corrected chi connectivity index (χ3v) is 7.36. The number of likely N-dealkylation sites (N-methyl/N-ethyl adjacent to an activating group) is 1. The normalized spacial score (nSPS) is 14.8. The van der Waals surface area contributed by atoms with E-state index < -0.39 is 26.5 Å². The number of quaternary nitrogens is 1. The van der Waals surface area contributed by atoms with Crippen LogP contribution in [0.1, 0.15) is 110 Å². The van der Waals surface area contributed by atoms with E-state index in [1.807, 2.05) is 21.1 Å². The molecule has 240 valence electrons. The van der Waals surface area contributed by atoms with Crippen LogP contribution in [-0.4, -0.2) is 69.2 Å². The molecule has 41 heavy (non-hydrogen) atoms. The summed E-state index contributed by atoms with van der Waals surface area (Å²) in [7, 11) is 1.24. The highest BCUT2D eigenvalue weighted by atomic mass is 31.2. The molecule has 0 aliphatic carbocycles. The number of phosphoric ester groups is 1. The number of carbonyl (C=O) groups is 1. The van der Waals surface area contributed by atoms with Gasteiger partial charge in [-0.1, -0.05) is 94.7 Å². The van der Waals surface area contributed by atoms with Gasteiger partial charge in [-0.2, -0.15) is 0 Å². The largest absolute Gasteiger partial charge is 0.756 e. The van der Waals surface area contributed by atoms with Crippen molar-refractivity contribution in [3.63, 3.8) is 0 Å². The molecular formula is C32H60NO7P. The third kappa shape index (κ3) is 31.5. The second kappa shape index (κ2) is 26.4. The smallest absolute Gasteiger partial charge is 0.305 e. The number of phosphoric acid groups is 1. The lowest BCUT2D eigenvalue weighted by Crippen LogP contribution is -2.37. The summed E-state index contributed by atoms with van der Waals surface area (Å²) in [5.74, 6) is -0.401. The first-order valence-electron chi connectivity index (χ1n) is 15.7. The average Bonchev–Trinajstić information content (AvgIpc) is 2.90. The zero-order chi connectivity index (χ0) is 30.7. The van der Waals surface area contributed by atoms with Gasteiger partial charge in [0, 0.05) is 6.42 Å². The summed E-state index contributed by atoms with van der Waals surface area (Å²) in [6.45, 7) is 1.91. The zero-order valence-corrected chi connectivity index (χ0v) is 27.4. The van der Waals surface area contributed by atoms with Gasteiger partial charge in [-0.05, 0) is 44.9 Å². The Hall–Kier alpha value is -1.28. The standard InChI is InChI=1S/C32H60NO7P/c1-5-6-7-8-9-10-11-12-13-14-15-16-17-18-19-20-21-22-23-24-25-26-32(35)38-29-31(34)30-40-41(36,37)39-28-27-33(2,3)4/h11-12,14-15,17-18,31,34H,5-10,13,16,19-30H2,1-4H3/b12-11-,15-14-,18-17-. The van der Waals surface area contributed by atoms with Gasteiger partial charge in [0.2, 0.25) is 0 Å². The van der Waals surface area contributed by atoms with Crippen molar-refractivity contribution in [3.05, 3.63) is 36.5 Å². The lowest BCUT2D eigenvalue weighted by atomic mass is 10.1. The minimum atomic E-state index is -4.50. The van der Waals surface area contributed by atoms with Crippen LogP contribution in [-0.2, 0) is 23.1 Å². The van der Waals surface area contributed by atoms with Gasteiger partial charge in [0.1, 0.15) is 25.9 Å². The van der Waals surface area contributed by atoms with Crippen LogP contribution in [0.4, 0.5) is 0 Å². The molecule has 1 N–H and O–H groups in total. The Balaban J connectivity index is 3.58. The lowest BCUT2D eigenvalue weighted by Gasteiger charge is -2.27. The number of nitrogens with zero attached hydrogens (tertiary/aromatic N) is 1. The second-order valence-electron chi connectivity index (χ2n) is 11.7. The summed E-state index contributed by atoms with van der Waals surface area (Å²) in [5.41, 5.74) is 0. The van der Waals surface area contributed by atoms with Gasteiger partial charge in [-0.3, -0.25) is 9.36 Å². The minimum Gasteiger partial charge on any atom is -0.756 e. The van der Waals surface area contributed by atoms with Gasteiger partial charge in [-0.15, -0.1) is 0 Å². The highest BCUT2D eigenvalue weighted by Crippen LogP contribution is 2.38. The predicted molar refractivity (Wildman–Crippen MR) is 166 cm³/mol. The van der Waals surface area contributed by atoms with Crippen molar-refractivity contribution in [1.82, 2.24) is 0 Å². The summed E-state index contributed by atoms with van der Waals surface area (Å²) >= 11 is 0. The van der Waals surface area contributed by atoms with Gasteiger partial charge in [0.25, 0.3) is 7.82 Å². The number of aliphatic hydroxyl groups excluding tert-OH is 1. The Kier molecular flexibility index (Phi) is 25.5. The Labute approximate surface area is 251 Å². The second-order valence-corrected chi connectivity index (χ2v) is 13.1. The summed E-state index contributed by atoms with van der Waals surface area (Å²) in [6.07, 6.45) is 29.9. The van der Waals surface area contributed by atoms with E-state index in [-0.39, 0.29) is 19.6 Å². The number of esters is 1. The van der Waals surface area contributed by atoms with E-state index in [4.69, 9.17) is 9.26 Å². The molecule has 0 amide bonds. The average molecular weight is 602 g/mol. The number of hydrogen-bond donors (Lipinski definition) is 1. The molecule has 0 heterocycles. The maximum atomic E-state index is 11.9. The third-order valence-electron chi connectivity index (χ3n) is 6.39. The number of carbonyl (C=O) groups excluding carboxylic acids is 1. The van der Waals surface area contributed by atoms with Gasteiger partial charge >= 0.3 is 5.97 Å². The number of rotatable bonds is 28. The molecule has 8 nitrogen and oxygen atoms in total. The van der Waals surface area contributed by atoms with Crippen molar-refractivity contribution in [3.8, 4) is 0 Å². The van der Waals surface area contributed by atoms with Crippen LogP contribution in [0, 0.1) is 0 Å². The van der Waals surface area contributed by atoms with E-state index in [9.17, 15) is 19.4 Å². The molecule has 0 rings (SSSR count). The molecule has 0 aromatic carbocycles. The monoisotopic (exact) mass is 601 g/mol. The topological polar surface area (TPSA) is 105 Å². The van der Waals surface area contributed by atoms with Crippen molar-refractivity contribution in [2.24, 2.45) is 0 Å². The van der Waals surface area contributed by atoms with Crippen molar-refractivity contribution in [2.45, 2.75) is 116 Å². The first-order valence-corrected chi connectivity index (χ1v) is 17.2. The van der Waals surface area contributed by atoms with E-state index >= 15 is 0 Å². The number of allylic oxidation sites excluding steroid dienone is 6. The fraction of sp³-hybridized carbons (Fsp3) is 0.781. The quantitative estimate of drug-likeness (QED) is 0.0337. The molecule has 0 spiro atoms. The molecule has 0 aromatic heterocycles. The van der Waals surface area contributed by atoms with Crippen molar-refractivity contribution in [2.75, 3.05) is 47.5 Å². The predicted octanol–water partition coefficient (Wildman–Crippen LogP) is 7.03. The molecule has 0 aromatic rings. The minimum absolute atomic E-state index is 0.0119. The molecule has 0 saturated heterocycles. The van der Waals surface area contributed by atoms with E-state index in [0.717, 1.165) is 44.9 Å². The Bertz CT molecular complexity index is 762. The highest BCUT2D eigenvalue weighted by molar-refractivity contribution is 7.45.